The van der Waals surface area contributed by atoms with Gasteiger partial charge in [-0.3, -0.25) is 9.59 Å². The number of carbonyl (C=O) groups is 2. The van der Waals surface area contributed by atoms with Gasteiger partial charge in [0, 0.05) is 25.1 Å². The zero-order chi connectivity index (χ0) is 19.4. The minimum atomic E-state index is -0.890. The molecule has 0 bridgehead atoms. The van der Waals surface area contributed by atoms with Gasteiger partial charge in [-0.25, -0.2) is 0 Å². The predicted molar refractivity (Wildman–Crippen MR) is 95.3 cm³/mol. The first kappa shape index (κ1) is 18.9. The van der Waals surface area contributed by atoms with Gasteiger partial charge in [-0.1, -0.05) is 12.1 Å². The number of rotatable bonds is 6. The number of aromatic nitrogens is 2. The Morgan fingerprint density at radius 1 is 1.33 bits per heavy atom. The Balaban J connectivity index is 1.60. The van der Waals surface area contributed by atoms with Gasteiger partial charge in [0.2, 0.25) is 11.7 Å². The molecule has 0 saturated carbocycles. The van der Waals surface area contributed by atoms with Crippen molar-refractivity contribution in [2.24, 2.45) is 5.41 Å². The summed E-state index contributed by atoms with van der Waals surface area (Å²) in [6.45, 7) is 4.58. The highest BCUT2D eigenvalue weighted by atomic mass is 16.5. The summed E-state index contributed by atoms with van der Waals surface area (Å²) in [7, 11) is 0. The Bertz CT molecular complexity index is 817. The average molecular weight is 373 g/mol. The molecule has 1 unspecified atom stereocenters. The molecule has 1 N–H and O–H groups in total. The minimum Gasteiger partial charge on any atom is -0.485 e. The molecule has 1 amide bonds. The smallest absolute Gasteiger partial charge is 0.311 e. The van der Waals surface area contributed by atoms with Crippen LogP contribution in [0.15, 0.2) is 28.8 Å². The second-order valence-corrected chi connectivity index (χ2v) is 6.97. The molecule has 2 aromatic rings. The fraction of sp³-hybridized carbons (Fsp3) is 0.474. The van der Waals surface area contributed by atoms with E-state index in [2.05, 4.69) is 10.1 Å². The van der Waals surface area contributed by atoms with Gasteiger partial charge >= 0.3 is 5.97 Å². The zero-order valence-corrected chi connectivity index (χ0v) is 15.5. The predicted octanol–water partition coefficient (Wildman–Crippen LogP) is 2.54. The molecule has 1 aliphatic heterocycles. The summed E-state index contributed by atoms with van der Waals surface area (Å²) in [5.74, 6) is 0.581. The molecular weight excluding hydrogens is 350 g/mol. The van der Waals surface area contributed by atoms with Gasteiger partial charge in [0.1, 0.15) is 5.75 Å². The van der Waals surface area contributed by atoms with Crippen molar-refractivity contribution >= 4 is 11.9 Å². The highest BCUT2D eigenvalue weighted by molar-refractivity contribution is 5.94. The lowest BCUT2D eigenvalue weighted by Crippen LogP contribution is -2.48. The largest absolute Gasteiger partial charge is 0.485 e. The van der Waals surface area contributed by atoms with Crippen LogP contribution < -0.4 is 4.74 Å². The number of ether oxygens (including phenoxy) is 1. The van der Waals surface area contributed by atoms with Gasteiger partial charge in [0.05, 0.1) is 5.41 Å². The maximum absolute atomic E-state index is 12.7. The van der Waals surface area contributed by atoms with Crippen molar-refractivity contribution in [1.29, 1.82) is 0 Å². The maximum Gasteiger partial charge on any atom is 0.311 e. The molecule has 1 atom stereocenters. The van der Waals surface area contributed by atoms with E-state index < -0.39 is 11.4 Å². The highest BCUT2D eigenvalue weighted by Gasteiger charge is 2.39. The summed E-state index contributed by atoms with van der Waals surface area (Å²) in [6.07, 6.45) is 1.93. The third kappa shape index (κ3) is 4.27. The van der Waals surface area contributed by atoms with E-state index in [1.54, 1.807) is 36.1 Å². The van der Waals surface area contributed by atoms with Crippen LogP contribution in [0.2, 0.25) is 0 Å². The third-order valence-corrected chi connectivity index (χ3v) is 4.78. The topological polar surface area (TPSA) is 106 Å². The van der Waals surface area contributed by atoms with Crippen molar-refractivity contribution in [3.05, 3.63) is 41.5 Å². The Kier molecular flexibility index (Phi) is 5.43. The number of likely N-dealkylation sites (tertiary alicyclic amines) is 1. The number of nitrogens with zero attached hydrogens (tertiary/aromatic N) is 3. The number of carbonyl (C=O) groups excluding carboxylic acids is 1. The molecule has 1 aromatic carbocycles. The van der Waals surface area contributed by atoms with Crippen molar-refractivity contribution in [2.45, 2.75) is 39.7 Å². The molecule has 0 aliphatic carbocycles. The summed E-state index contributed by atoms with van der Waals surface area (Å²) < 4.78 is 10.6. The van der Waals surface area contributed by atoms with Gasteiger partial charge in [-0.15, -0.1) is 0 Å². The second-order valence-electron chi connectivity index (χ2n) is 6.97. The van der Waals surface area contributed by atoms with Crippen LogP contribution in [-0.2, 0) is 17.8 Å². The van der Waals surface area contributed by atoms with Crippen molar-refractivity contribution < 1.29 is 24.0 Å². The Morgan fingerprint density at radius 3 is 2.70 bits per heavy atom. The van der Waals surface area contributed by atoms with E-state index in [0.29, 0.717) is 48.8 Å². The summed E-state index contributed by atoms with van der Waals surface area (Å²) in [6, 6.07) is 6.76. The molecule has 8 nitrogen and oxygen atoms in total. The van der Waals surface area contributed by atoms with E-state index in [1.165, 1.54) is 0 Å². The number of carboxylic acid groups (broad SMARTS) is 1. The number of amides is 1. The van der Waals surface area contributed by atoms with Crippen LogP contribution in [0.5, 0.6) is 5.75 Å². The highest BCUT2D eigenvalue weighted by Crippen LogP contribution is 2.30. The Hall–Kier alpha value is -2.90. The van der Waals surface area contributed by atoms with Crippen molar-refractivity contribution in [2.75, 3.05) is 13.1 Å². The van der Waals surface area contributed by atoms with Crippen molar-refractivity contribution in [1.82, 2.24) is 15.0 Å². The van der Waals surface area contributed by atoms with E-state index >= 15 is 0 Å². The van der Waals surface area contributed by atoms with Crippen molar-refractivity contribution in [3.63, 3.8) is 0 Å². The number of carboxylic acids is 1. The summed E-state index contributed by atoms with van der Waals surface area (Å²) in [5, 5.41) is 13.2. The second kappa shape index (κ2) is 7.77. The van der Waals surface area contributed by atoms with Crippen LogP contribution in [0.4, 0.5) is 0 Å². The van der Waals surface area contributed by atoms with E-state index in [0.717, 1.165) is 0 Å². The molecule has 1 aliphatic rings. The van der Waals surface area contributed by atoms with Gasteiger partial charge in [0.25, 0.3) is 5.91 Å². The third-order valence-electron chi connectivity index (χ3n) is 4.78. The standard InChI is InChI=1S/C19H23N3O5/c1-3-16-20-15(21-27-16)11-26-14-7-5-13(6-8-14)17(23)22-10-4-9-19(2,12-22)18(24)25/h5-8H,3-4,9-12H2,1-2H3,(H,24,25). The van der Waals surface area contributed by atoms with Gasteiger partial charge in [-0.05, 0) is 44.0 Å². The fourth-order valence-corrected chi connectivity index (χ4v) is 3.10. The first-order chi connectivity index (χ1) is 12.9. The van der Waals surface area contributed by atoms with Crippen LogP contribution in [0.3, 0.4) is 0 Å². The molecule has 3 rings (SSSR count). The quantitative estimate of drug-likeness (QED) is 0.829. The monoisotopic (exact) mass is 373 g/mol. The summed E-state index contributed by atoms with van der Waals surface area (Å²) >= 11 is 0. The molecule has 0 spiro atoms. The first-order valence-electron chi connectivity index (χ1n) is 8.98. The molecule has 1 aromatic heterocycles. The average Bonchev–Trinajstić information content (AvgIpc) is 3.14. The molecule has 144 valence electrons. The van der Waals surface area contributed by atoms with E-state index in [9.17, 15) is 14.7 Å². The first-order valence-corrected chi connectivity index (χ1v) is 8.98. The number of hydrogen-bond acceptors (Lipinski definition) is 6. The van der Waals surface area contributed by atoms with E-state index in [4.69, 9.17) is 9.26 Å². The summed E-state index contributed by atoms with van der Waals surface area (Å²) in [5.41, 5.74) is -0.386. The van der Waals surface area contributed by atoms with Gasteiger partial charge in [-0.2, -0.15) is 4.98 Å². The van der Waals surface area contributed by atoms with Crippen LogP contribution >= 0.6 is 0 Å². The zero-order valence-electron chi connectivity index (χ0n) is 15.5. The molecule has 1 fully saturated rings. The van der Waals surface area contributed by atoms with E-state index in [1.807, 2.05) is 6.92 Å². The molecule has 1 saturated heterocycles. The normalized spacial score (nSPS) is 19.7. The number of aliphatic carboxylic acids is 1. The fourth-order valence-electron chi connectivity index (χ4n) is 3.10. The number of hydrogen-bond donors (Lipinski definition) is 1. The van der Waals surface area contributed by atoms with E-state index in [-0.39, 0.29) is 19.1 Å². The molecule has 27 heavy (non-hydrogen) atoms. The van der Waals surface area contributed by atoms with Crippen molar-refractivity contribution in [3.8, 4) is 5.75 Å². The molecule has 8 heteroatoms. The Morgan fingerprint density at radius 2 is 2.07 bits per heavy atom. The maximum atomic E-state index is 12.7. The molecule has 0 radical (unpaired) electrons. The van der Waals surface area contributed by atoms with Crippen LogP contribution in [0.25, 0.3) is 0 Å². The molecule has 2 heterocycles. The van der Waals surface area contributed by atoms with Crippen LogP contribution in [0.1, 0.15) is 48.8 Å². The number of aryl methyl sites for hydroxylation is 1. The lowest BCUT2D eigenvalue weighted by molar-refractivity contribution is -0.150. The van der Waals surface area contributed by atoms with Crippen LogP contribution in [0, 0.1) is 5.41 Å². The lowest BCUT2D eigenvalue weighted by atomic mass is 9.82. The van der Waals surface area contributed by atoms with Gasteiger partial charge in [0.15, 0.2) is 6.61 Å². The number of benzene rings is 1. The summed E-state index contributed by atoms with van der Waals surface area (Å²) in [4.78, 5) is 29.9. The molecular formula is C19H23N3O5. The number of piperidine rings is 1. The Labute approximate surface area is 157 Å². The SMILES string of the molecule is CCc1nc(COc2ccc(C(=O)N3CCCC(C)(C(=O)O)C3)cc2)no1. The lowest BCUT2D eigenvalue weighted by Gasteiger charge is -2.37. The van der Waals surface area contributed by atoms with Gasteiger partial charge < -0.3 is 19.3 Å². The van der Waals surface area contributed by atoms with Crippen LogP contribution in [-0.4, -0.2) is 45.1 Å². The minimum absolute atomic E-state index is 0.167.